The minimum Gasteiger partial charge on any atom is -0.480 e. The van der Waals surface area contributed by atoms with Crippen molar-refractivity contribution in [2.45, 2.75) is 52.5 Å². The van der Waals surface area contributed by atoms with Crippen LogP contribution in [0.4, 0.5) is 0 Å². The van der Waals surface area contributed by atoms with Gasteiger partial charge in [-0.1, -0.05) is 20.8 Å². The number of hydrogen-bond donors (Lipinski definition) is 1. The number of rotatable bonds is 5. The van der Waals surface area contributed by atoms with Crippen LogP contribution >= 0.6 is 0 Å². The number of hydrogen-bond acceptors (Lipinski definition) is 2. The lowest BCUT2D eigenvalue weighted by Crippen LogP contribution is -2.40. The van der Waals surface area contributed by atoms with Crippen molar-refractivity contribution < 1.29 is 9.90 Å². The van der Waals surface area contributed by atoms with E-state index in [4.69, 9.17) is 5.11 Å². The Morgan fingerprint density at radius 3 is 2.33 bits per heavy atom. The molecule has 1 fully saturated rings. The van der Waals surface area contributed by atoms with E-state index in [0.717, 1.165) is 32.4 Å². The molecular formula is C12H23NO2. The molecule has 1 saturated heterocycles. The summed E-state index contributed by atoms with van der Waals surface area (Å²) in [4.78, 5) is 13.2. The molecule has 0 saturated carbocycles. The van der Waals surface area contributed by atoms with Crippen LogP contribution in [0.1, 0.15) is 46.5 Å². The molecule has 3 nitrogen and oxygen atoms in total. The molecule has 88 valence electrons. The van der Waals surface area contributed by atoms with E-state index >= 15 is 0 Å². The molecule has 0 aromatic carbocycles. The van der Waals surface area contributed by atoms with Crippen LogP contribution in [0.25, 0.3) is 0 Å². The Hall–Kier alpha value is -0.570. The zero-order valence-corrected chi connectivity index (χ0v) is 10.1. The van der Waals surface area contributed by atoms with Gasteiger partial charge in [-0.25, -0.2) is 0 Å². The van der Waals surface area contributed by atoms with Crippen LogP contribution in [0, 0.1) is 5.41 Å². The molecule has 15 heavy (non-hydrogen) atoms. The maximum absolute atomic E-state index is 11.1. The molecule has 0 amide bonds. The number of aliphatic carboxylic acids is 1. The van der Waals surface area contributed by atoms with Crippen LogP contribution in [0.15, 0.2) is 0 Å². The van der Waals surface area contributed by atoms with Gasteiger partial charge in [0.15, 0.2) is 0 Å². The molecule has 3 heteroatoms. The molecule has 1 unspecified atom stereocenters. The lowest BCUT2D eigenvalue weighted by molar-refractivity contribution is -0.143. The van der Waals surface area contributed by atoms with E-state index in [1.807, 2.05) is 6.92 Å². The van der Waals surface area contributed by atoms with E-state index in [0.29, 0.717) is 11.8 Å². The predicted octanol–water partition coefficient (Wildman–Crippen LogP) is 2.36. The number of carboxylic acid groups (broad SMARTS) is 1. The fraction of sp³-hybridized carbons (Fsp3) is 0.917. The molecule has 1 heterocycles. The Morgan fingerprint density at radius 2 is 2.00 bits per heavy atom. The summed E-state index contributed by atoms with van der Waals surface area (Å²) in [6.07, 6.45) is 4.19. The summed E-state index contributed by atoms with van der Waals surface area (Å²) >= 11 is 0. The van der Waals surface area contributed by atoms with Gasteiger partial charge in [0.05, 0.1) is 0 Å². The van der Waals surface area contributed by atoms with Crippen LogP contribution in [-0.2, 0) is 4.79 Å². The Morgan fingerprint density at radius 1 is 1.40 bits per heavy atom. The normalized spacial score (nSPS) is 22.9. The van der Waals surface area contributed by atoms with Gasteiger partial charge in [0.2, 0.25) is 0 Å². The number of carbonyl (C=O) groups is 1. The van der Waals surface area contributed by atoms with Crippen LogP contribution < -0.4 is 0 Å². The van der Waals surface area contributed by atoms with Gasteiger partial charge >= 0.3 is 5.97 Å². The Labute approximate surface area is 92.5 Å². The first-order chi connectivity index (χ1) is 7.08. The smallest absolute Gasteiger partial charge is 0.320 e. The summed E-state index contributed by atoms with van der Waals surface area (Å²) in [5, 5.41) is 9.11. The third-order valence-electron chi connectivity index (χ3n) is 4.08. The summed E-state index contributed by atoms with van der Waals surface area (Å²) in [6.45, 7) is 8.30. The van der Waals surface area contributed by atoms with Gasteiger partial charge in [0.1, 0.15) is 6.04 Å². The van der Waals surface area contributed by atoms with Crippen molar-refractivity contribution in [3.05, 3.63) is 0 Å². The number of carboxylic acids is 1. The van der Waals surface area contributed by atoms with E-state index in [1.54, 1.807) is 0 Å². The maximum atomic E-state index is 11.1. The summed E-state index contributed by atoms with van der Waals surface area (Å²) in [5.41, 5.74) is 0.378. The van der Waals surface area contributed by atoms with Crippen molar-refractivity contribution in [2.75, 3.05) is 13.1 Å². The van der Waals surface area contributed by atoms with E-state index < -0.39 is 5.97 Å². The second-order valence-corrected chi connectivity index (χ2v) is 4.69. The lowest BCUT2D eigenvalue weighted by atomic mass is 9.82. The second kappa shape index (κ2) is 4.97. The fourth-order valence-electron chi connectivity index (χ4n) is 2.65. The van der Waals surface area contributed by atoms with Crippen molar-refractivity contribution in [1.82, 2.24) is 4.90 Å². The molecule has 0 bridgehead atoms. The van der Waals surface area contributed by atoms with Gasteiger partial charge in [-0.05, 0) is 37.6 Å². The highest BCUT2D eigenvalue weighted by Gasteiger charge is 2.39. The highest BCUT2D eigenvalue weighted by Crippen LogP contribution is 2.38. The van der Waals surface area contributed by atoms with E-state index in [-0.39, 0.29) is 6.04 Å². The van der Waals surface area contributed by atoms with Gasteiger partial charge < -0.3 is 5.11 Å². The monoisotopic (exact) mass is 213 g/mol. The Balaban J connectivity index is 2.65. The largest absolute Gasteiger partial charge is 0.480 e. The average Bonchev–Trinajstić information content (AvgIpc) is 2.64. The van der Waals surface area contributed by atoms with Crippen molar-refractivity contribution in [1.29, 1.82) is 0 Å². The average molecular weight is 213 g/mol. The van der Waals surface area contributed by atoms with Crippen molar-refractivity contribution in [3.8, 4) is 0 Å². The SMILES string of the molecule is CCC(C(=O)O)N1CCC(CC)(CC)C1. The first-order valence-corrected chi connectivity index (χ1v) is 6.05. The lowest BCUT2D eigenvalue weighted by Gasteiger charge is -2.28. The molecule has 0 aliphatic carbocycles. The summed E-state index contributed by atoms with van der Waals surface area (Å²) < 4.78 is 0. The Kier molecular flexibility index (Phi) is 4.14. The van der Waals surface area contributed by atoms with Gasteiger partial charge in [-0.2, -0.15) is 0 Å². The minimum absolute atomic E-state index is 0.273. The van der Waals surface area contributed by atoms with Gasteiger partial charge in [-0.3, -0.25) is 9.69 Å². The predicted molar refractivity (Wildman–Crippen MR) is 60.9 cm³/mol. The molecular weight excluding hydrogens is 190 g/mol. The second-order valence-electron chi connectivity index (χ2n) is 4.69. The van der Waals surface area contributed by atoms with Crippen LogP contribution in [0.5, 0.6) is 0 Å². The van der Waals surface area contributed by atoms with Crippen molar-refractivity contribution >= 4 is 5.97 Å². The summed E-state index contributed by atoms with van der Waals surface area (Å²) in [6, 6.07) is -0.273. The zero-order chi connectivity index (χ0) is 11.5. The summed E-state index contributed by atoms with van der Waals surface area (Å²) in [5.74, 6) is -0.666. The minimum atomic E-state index is -0.666. The van der Waals surface area contributed by atoms with Gasteiger partial charge in [0.25, 0.3) is 0 Å². The van der Waals surface area contributed by atoms with Gasteiger partial charge in [-0.15, -0.1) is 0 Å². The maximum Gasteiger partial charge on any atom is 0.320 e. The van der Waals surface area contributed by atoms with Crippen LogP contribution in [0.3, 0.4) is 0 Å². The van der Waals surface area contributed by atoms with Crippen LogP contribution in [0.2, 0.25) is 0 Å². The first kappa shape index (κ1) is 12.5. The standard InChI is InChI=1S/C12H23NO2/c1-4-10(11(14)15)13-8-7-12(5-2,6-3)9-13/h10H,4-9H2,1-3H3,(H,14,15). The highest BCUT2D eigenvalue weighted by atomic mass is 16.4. The number of likely N-dealkylation sites (tertiary alicyclic amines) is 1. The highest BCUT2D eigenvalue weighted by molar-refractivity contribution is 5.73. The molecule has 0 spiro atoms. The van der Waals surface area contributed by atoms with Gasteiger partial charge in [0, 0.05) is 6.54 Å². The molecule has 1 N–H and O–H groups in total. The topological polar surface area (TPSA) is 40.5 Å². The molecule has 1 aliphatic rings. The van der Waals surface area contributed by atoms with E-state index in [1.165, 1.54) is 0 Å². The van der Waals surface area contributed by atoms with E-state index in [9.17, 15) is 4.79 Å². The zero-order valence-electron chi connectivity index (χ0n) is 10.1. The molecule has 1 atom stereocenters. The molecule has 0 aromatic heterocycles. The third-order valence-corrected chi connectivity index (χ3v) is 4.08. The molecule has 1 aliphatic heterocycles. The molecule has 1 rings (SSSR count). The van der Waals surface area contributed by atoms with Crippen LogP contribution in [-0.4, -0.2) is 35.1 Å². The fourth-order valence-corrected chi connectivity index (χ4v) is 2.65. The third kappa shape index (κ3) is 2.51. The summed E-state index contributed by atoms with van der Waals surface area (Å²) in [7, 11) is 0. The number of nitrogens with zero attached hydrogens (tertiary/aromatic N) is 1. The van der Waals surface area contributed by atoms with Crippen molar-refractivity contribution in [2.24, 2.45) is 5.41 Å². The Bertz CT molecular complexity index is 224. The molecule has 0 radical (unpaired) electrons. The molecule has 0 aromatic rings. The van der Waals surface area contributed by atoms with E-state index in [2.05, 4.69) is 18.7 Å². The van der Waals surface area contributed by atoms with Crippen molar-refractivity contribution in [3.63, 3.8) is 0 Å². The first-order valence-electron chi connectivity index (χ1n) is 6.05. The quantitative estimate of drug-likeness (QED) is 0.762.